The molecule has 200 valence electrons. The van der Waals surface area contributed by atoms with Crippen LogP contribution in [0.2, 0.25) is 0 Å². The van der Waals surface area contributed by atoms with Crippen molar-refractivity contribution in [2.45, 2.75) is 24.8 Å². The maximum absolute atomic E-state index is 6.36. The van der Waals surface area contributed by atoms with Gasteiger partial charge in [0, 0.05) is 57.8 Å². The molecule has 0 radical (unpaired) electrons. The van der Waals surface area contributed by atoms with Crippen LogP contribution in [0.5, 0.6) is 23.0 Å². The predicted molar refractivity (Wildman–Crippen MR) is 155 cm³/mol. The van der Waals surface area contributed by atoms with Crippen LogP contribution in [0.1, 0.15) is 13.8 Å². The van der Waals surface area contributed by atoms with E-state index in [1.54, 1.807) is 18.4 Å². The zero-order chi connectivity index (χ0) is 26.3. The Bertz CT molecular complexity index is 1300. The lowest BCUT2D eigenvalue weighted by atomic mass is 10.1. The van der Waals surface area contributed by atoms with Gasteiger partial charge in [-0.3, -0.25) is 4.90 Å². The molecule has 0 bridgehead atoms. The molecule has 4 aromatic rings. The molecule has 3 aromatic carbocycles. The molecule has 0 unspecified atom stereocenters. The molecule has 0 saturated carbocycles. The number of thiophene rings is 1. The van der Waals surface area contributed by atoms with Crippen LogP contribution in [0, 0.1) is 0 Å². The van der Waals surface area contributed by atoms with Crippen molar-refractivity contribution in [3.8, 4) is 33.4 Å². The number of hydrogen-bond acceptors (Lipinski definition) is 8. The van der Waals surface area contributed by atoms with Gasteiger partial charge in [0.2, 0.25) is 0 Å². The second-order valence-electron chi connectivity index (χ2n) is 9.25. The average molecular weight is 552 g/mol. The number of benzene rings is 3. The van der Waals surface area contributed by atoms with E-state index >= 15 is 0 Å². The van der Waals surface area contributed by atoms with Crippen LogP contribution in [-0.2, 0) is 8.92 Å². The van der Waals surface area contributed by atoms with Crippen molar-refractivity contribution in [2.24, 2.45) is 0 Å². The number of morpholine rings is 1. The van der Waals surface area contributed by atoms with E-state index in [9.17, 15) is 0 Å². The summed E-state index contributed by atoms with van der Waals surface area (Å²) in [6.45, 7) is 9.14. The highest BCUT2D eigenvalue weighted by Gasteiger charge is 2.18. The smallest absolute Gasteiger partial charge is 0.170 e. The fraction of sp³-hybridized carbons (Fsp3) is 0.333. The topological polar surface area (TPSA) is 49.4 Å². The average Bonchev–Trinajstić information content (AvgIpc) is 3.37. The van der Waals surface area contributed by atoms with Gasteiger partial charge in [0.1, 0.15) is 11.5 Å². The van der Waals surface area contributed by atoms with Crippen LogP contribution in [0.15, 0.2) is 71.6 Å². The van der Waals surface area contributed by atoms with Crippen LogP contribution >= 0.6 is 23.4 Å². The Kier molecular flexibility index (Phi) is 9.09. The molecule has 38 heavy (non-hydrogen) atoms. The molecule has 1 saturated heterocycles. The second kappa shape index (κ2) is 12.9. The molecule has 1 fully saturated rings. The predicted octanol–water partition coefficient (Wildman–Crippen LogP) is 7.51. The lowest BCUT2D eigenvalue weighted by molar-refractivity contribution is 0.0333. The minimum Gasteiger partial charge on any atom is -0.496 e. The van der Waals surface area contributed by atoms with Crippen LogP contribution in [0.3, 0.4) is 0 Å². The van der Waals surface area contributed by atoms with Gasteiger partial charge in [0.15, 0.2) is 11.5 Å². The Morgan fingerprint density at radius 1 is 0.947 bits per heavy atom. The zero-order valence-corrected chi connectivity index (χ0v) is 23.6. The summed E-state index contributed by atoms with van der Waals surface area (Å²) in [5, 5.41) is 1.21. The van der Waals surface area contributed by atoms with E-state index in [0.29, 0.717) is 18.1 Å². The molecule has 2 heterocycles. The first kappa shape index (κ1) is 26.8. The molecule has 0 aliphatic carbocycles. The van der Waals surface area contributed by atoms with E-state index < -0.39 is 0 Å². The molecule has 1 aromatic heterocycles. The number of nitrogens with zero attached hydrogens (tertiary/aromatic N) is 1. The van der Waals surface area contributed by atoms with Gasteiger partial charge in [-0.05, 0) is 61.7 Å². The maximum atomic E-state index is 6.36. The molecule has 0 spiro atoms. The zero-order valence-electron chi connectivity index (χ0n) is 22.0. The Hall–Kier alpha value is -2.75. The van der Waals surface area contributed by atoms with E-state index in [1.807, 2.05) is 50.2 Å². The Balaban J connectivity index is 1.31. The minimum atomic E-state index is -0.00869. The minimum absolute atomic E-state index is 0.00869. The first-order valence-electron chi connectivity index (χ1n) is 12.8. The standard InChI is InChI=1S/C30H33NO5S2/c1-21(2)35-28-20-26(32-3)25(30-18-22-6-4-5-7-29(22)37-30)19-27(28)36-23-8-10-24(11-9-23)38-34-17-14-31-12-15-33-16-13-31/h4-11,18-21H,12-17H2,1-3H3. The first-order valence-corrected chi connectivity index (χ1v) is 14.4. The van der Waals surface area contributed by atoms with Crippen molar-refractivity contribution < 1.29 is 23.1 Å². The molecule has 1 aliphatic rings. The van der Waals surface area contributed by atoms with E-state index in [1.165, 1.54) is 22.1 Å². The maximum Gasteiger partial charge on any atom is 0.170 e. The Labute approximate surface area is 232 Å². The van der Waals surface area contributed by atoms with Gasteiger partial charge in [-0.2, -0.15) is 0 Å². The monoisotopic (exact) mass is 551 g/mol. The van der Waals surface area contributed by atoms with Gasteiger partial charge in [-0.25, -0.2) is 0 Å². The first-order chi connectivity index (χ1) is 18.6. The molecule has 1 aliphatic heterocycles. The van der Waals surface area contributed by atoms with Crippen molar-refractivity contribution in [3.63, 3.8) is 0 Å². The summed E-state index contributed by atoms with van der Waals surface area (Å²) in [7, 11) is 1.69. The van der Waals surface area contributed by atoms with Crippen molar-refractivity contribution >= 4 is 33.5 Å². The van der Waals surface area contributed by atoms with E-state index in [0.717, 1.165) is 59.7 Å². The number of fused-ring (bicyclic) bond motifs is 1. The largest absolute Gasteiger partial charge is 0.496 e. The van der Waals surface area contributed by atoms with Crippen LogP contribution in [0.4, 0.5) is 0 Å². The lowest BCUT2D eigenvalue weighted by Gasteiger charge is -2.26. The summed E-state index contributed by atoms with van der Waals surface area (Å²) in [6.07, 6.45) is -0.00869. The van der Waals surface area contributed by atoms with Crippen LogP contribution in [0.25, 0.3) is 20.5 Å². The van der Waals surface area contributed by atoms with Crippen LogP contribution in [-0.4, -0.2) is 57.6 Å². The summed E-state index contributed by atoms with van der Waals surface area (Å²) < 4.78 is 30.7. The van der Waals surface area contributed by atoms with Gasteiger partial charge in [-0.15, -0.1) is 11.3 Å². The molecule has 0 N–H and O–H groups in total. The Morgan fingerprint density at radius 2 is 1.74 bits per heavy atom. The molecular weight excluding hydrogens is 518 g/mol. The third-order valence-electron chi connectivity index (χ3n) is 6.12. The quantitative estimate of drug-likeness (QED) is 0.141. The van der Waals surface area contributed by atoms with E-state index in [2.05, 4.69) is 35.2 Å². The van der Waals surface area contributed by atoms with Crippen molar-refractivity contribution in [2.75, 3.05) is 46.6 Å². The summed E-state index contributed by atoms with van der Waals surface area (Å²) in [6, 6.07) is 22.4. The molecule has 0 amide bonds. The fourth-order valence-electron chi connectivity index (χ4n) is 4.23. The summed E-state index contributed by atoms with van der Waals surface area (Å²) in [4.78, 5) is 4.50. The number of methoxy groups -OCH3 is 1. The number of ether oxygens (including phenoxy) is 4. The Morgan fingerprint density at radius 3 is 2.47 bits per heavy atom. The highest BCUT2D eigenvalue weighted by molar-refractivity contribution is 7.94. The number of hydrogen-bond donors (Lipinski definition) is 0. The van der Waals surface area contributed by atoms with Gasteiger partial charge in [-0.1, -0.05) is 18.2 Å². The summed E-state index contributed by atoms with van der Waals surface area (Å²) in [5.74, 6) is 2.77. The SMILES string of the molecule is COc1cc(OC(C)C)c(Oc2ccc(SOCCN3CCOCC3)cc2)cc1-c1cc2ccccc2s1. The highest BCUT2D eigenvalue weighted by atomic mass is 32.2. The molecule has 5 rings (SSSR count). The molecule has 8 heteroatoms. The lowest BCUT2D eigenvalue weighted by Crippen LogP contribution is -2.38. The van der Waals surface area contributed by atoms with Gasteiger partial charge < -0.3 is 23.1 Å². The summed E-state index contributed by atoms with van der Waals surface area (Å²) in [5.41, 5.74) is 0.973. The van der Waals surface area contributed by atoms with Crippen molar-refractivity contribution in [3.05, 3.63) is 66.7 Å². The third-order valence-corrected chi connectivity index (χ3v) is 8.02. The van der Waals surface area contributed by atoms with Crippen molar-refractivity contribution in [1.82, 2.24) is 4.90 Å². The van der Waals surface area contributed by atoms with E-state index in [4.69, 9.17) is 23.1 Å². The second-order valence-corrected chi connectivity index (χ2v) is 11.2. The molecule has 0 atom stereocenters. The molecule has 6 nitrogen and oxygen atoms in total. The van der Waals surface area contributed by atoms with Gasteiger partial charge in [0.05, 0.1) is 33.0 Å². The van der Waals surface area contributed by atoms with E-state index in [-0.39, 0.29) is 6.10 Å². The van der Waals surface area contributed by atoms with Gasteiger partial charge in [0.25, 0.3) is 0 Å². The van der Waals surface area contributed by atoms with Crippen LogP contribution < -0.4 is 14.2 Å². The molecular formula is C30H33NO5S2. The van der Waals surface area contributed by atoms with Gasteiger partial charge >= 0.3 is 0 Å². The normalized spacial score (nSPS) is 14.2. The third kappa shape index (κ3) is 6.81. The summed E-state index contributed by atoms with van der Waals surface area (Å²) >= 11 is 3.12. The highest BCUT2D eigenvalue weighted by Crippen LogP contribution is 2.45. The van der Waals surface area contributed by atoms with Crippen molar-refractivity contribution in [1.29, 1.82) is 0 Å². The number of rotatable bonds is 11. The fourth-order valence-corrected chi connectivity index (χ4v) is 5.86.